The van der Waals surface area contributed by atoms with E-state index >= 15 is 0 Å². The van der Waals surface area contributed by atoms with E-state index in [0.29, 0.717) is 18.0 Å². The van der Waals surface area contributed by atoms with Crippen molar-refractivity contribution in [1.82, 2.24) is 10.3 Å². The summed E-state index contributed by atoms with van der Waals surface area (Å²) in [5, 5.41) is 4.76. The van der Waals surface area contributed by atoms with Crippen molar-refractivity contribution in [2.45, 2.75) is 32.2 Å². The number of nitrogens with one attached hydrogen (secondary N) is 1. The smallest absolute Gasteiger partial charge is 0.331 e. The SMILES string of the molecule is CCOC(=O)C(C)(Cc1ccccc1)NC(=O)Cc1coc(-c2cccs2)n1. The van der Waals surface area contributed by atoms with Gasteiger partial charge >= 0.3 is 5.97 Å². The zero-order valence-electron chi connectivity index (χ0n) is 15.8. The van der Waals surface area contributed by atoms with Crippen LogP contribution in [0, 0.1) is 0 Å². The molecule has 146 valence electrons. The number of carbonyl (C=O) groups excluding carboxylic acids is 2. The van der Waals surface area contributed by atoms with E-state index in [2.05, 4.69) is 10.3 Å². The summed E-state index contributed by atoms with van der Waals surface area (Å²) < 4.78 is 10.6. The summed E-state index contributed by atoms with van der Waals surface area (Å²) >= 11 is 1.51. The Bertz CT molecular complexity index is 921. The van der Waals surface area contributed by atoms with Crippen LogP contribution in [0.1, 0.15) is 25.1 Å². The van der Waals surface area contributed by atoms with Gasteiger partial charge < -0.3 is 14.5 Å². The second-order valence-electron chi connectivity index (χ2n) is 6.56. The van der Waals surface area contributed by atoms with Crippen molar-refractivity contribution in [3.8, 4) is 10.8 Å². The van der Waals surface area contributed by atoms with E-state index in [-0.39, 0.29) is 18.9 Å². The maximum atomic E-state index is 12.6. The molecule has 28 heavy (non-hydrogen) atoms. The number of aromatic nitrogens is 1. The van der Waals surface area contributed by atoms with Gasteiger partial charge in [-0.3, -0.25) is 4.79 Å². The van der Waals surface area contributed by atoms with Gasteiger partial charge in [-0.25, -0.2) is 9.78 Å². The lowest BCUT2D eigenvalue weighted by atomic mass is 9.92. The summed E-state index contributed by atoms with van der Waals surface area (Å²) in [6.45, 7) is 3.66. The molecule has 0 saturated carbocycles. The first-order valence-corrected chi connectivity index (χ1v) is 9.88. The summed E-state index contributed by atoms with van der Waals surface area (Å²) in [6.07, 6.45) is 1.81. The van der Waals surface area contributed by atoms with E-state index in [1.807, 2.05) is 47.8 Å². The van der Waals surface area contributed by atoms with Gasteiger partial charge in [-0.2, -0.15) is 0 Å². The fourth-order valence-corrected chi connectivity index (χ4v) is 3.54. The van der Waals surface area contributed by atoms with Crippen molar-refractivity contribution in [3.05, 3.63) is 65.4 Å². The molecular weight excluding hydrogens is 376 g/mol. The third-order valence-corrected chi connectivity index (χ3v) is 5.03. The lowest BCUT2D eigenvalue weighted by molar-refractivity contribution is -0.152. The molecule has 0 bridgehead atoms. The molecule has 6 nitrogen and oxygen atoms in total. The number of hydrogen-bond donors (Lipinski definition) is 1. The monoisotopic (exact) mass is 398 g/mol. The van der Waals surface area contributed by atoms with Crippen LogP contribution in [-0.2, 0) is 27.2 Å². The molecule has 0 fully saturated rings. The van der Waals surface area contributed by atoms with Gasteiger partial charge in [0.15, 0.2) is 0 Å². The highest BCUT2D eigenvalue weighted by molar-refractivity contribution is 7.13. The minimum Gasteiger partial charge on any atom is -0.464 e. The van der Waals surface area contributed by atoms with E-state index in [4.69, 9.17) is 9.15 Å². The van der Waals surface area contributed by atoms with E-state index in [1.54, 1.807) is 13.8 Å². The molecule has 1 aromatic carbocycles. The molecular formula is C21H22N2O4S. The normalized spacial score (nSPS) is 12.9. The molecule has 0 saturated heterocycles. The number of oxazole rings is 1. The predicted octanol–water partition coefficient (Wildman–Crippen LogP) is 3.63. The molecule has 1 atom stereocenters. The first-order valence-electron chi connectivity index (χ1n) is 9.00. The van der Waals surface area contributed by atoms with Crippen molar-refractivity contribution in [1.29, 1.82) is 0 Å². The Kier molecular flexibility index (Phi) is 6.26. The number of carbonyl (C=O) groups is 2. The standard InChI is InChI=1S/C21H22N2O4S/c1-3-26-20(25)21(2,13-15-8-5-4-6-9-15)23-18(24)12-16-14-27-19(22-16)17-10-7-11-28-17/h4-11,14H,3,12-13H2,1-2H3,(H,23,24). The highest BCUT2D eigenvalue weighted by atomic mass is 32.1. The topological polar surface area (TPSA) is 81.4 Å². The maximum Gasteiger partial charge on any atom is 0.331 e. The van der Waals surface area contributed by atoms with Gasteiger partial charge in [-0.05, 0) is 30.9 Å². The Morgan fingerprint density at radius 1 is 1.21 bits per heavy atom. The van der Waals surface area contributed by atoms with Crippen LogP contribution in [0.2, 0.25) is 0 Å². The Morgan fingerprint density at radius 3 is 2.68 bits per heavy atom. The summed E-state index contributed by atoms with van der Waals surface area (Å²) in [7, 11) is 0. The van der Waals surface area contributed by atoms with Gasteiger partial charge in [-0.1, -0.05) is 36.4 Å². The number of nitrogens with zero attached hydrogens (tertiary/aromatic N) is 1. The number of benzene rings is 1. The lowest BCUT2D eigenvalue weighted by Gasteiger charge is -2.28. The van der Waals surface area contributed by atoms with Gasteiger partial charge in [0.05, 0.1) is 23.6 Å². The number of rotatable bonds is 8. The molecule has 1 unspecified atom stereocenters. The molecule has 0 aliphatic carbocycles. The molecule has 0 spiro atoms. The molecule has 7 heteroatoms. The van der Waals surface area contributed by atoms with Crippen molar-refractivity contribution in [2.75, 3.05) is 6.61 Å². The number of esters is 1. The van der Waals surface area contributed by atoms with Crippen molar-refractivity contribution < 1.29 is 18.7 Å². The second-order valence-corrected chi connectivity index (χ2v) is 7.51. The molecule has 1 amide bonds. The first-order chi connectivity index (χ1) is 13.5. The highest BCUT2D eigenvalue weighted by Crippen LogP contribution is 2.24. The summed E-state index contributed by atoms with van der Waals surface area (Å²) in [4.78, 5) is 30.4. The Morgan fingerprint density at radius 2 is 2.00 bits per heavy atom. The largest absolute Gasteiger partial charge is 0.464 e. The van der Waals surface area contributed by atoms with Crippen LogP contribution < -0.4 is 5.32 Å². The van der Waals surface area contributed by atoms with Crippen LogP contribution in [0.15, 0.2) is 58.5 Å². The molecule has 1 N–H and O–H groups in total. The number of amides is 1. The Hall–Kier alpha value is -2.93. The average Bonchev–Trinajstić information content (AvgIpc) is 3.34. The molecule has 0 radical (unpaired) electrons. The second kappa shape index (κ2) is 8.84. The summed E-state index contributed by atoms with van der Waals surface area (Å²) in [5.41, 5.74) is 0.265. The van der Waals surface area contributed by atoms with E-state index < -0.39 is 11.5 Å². The number of ether oxygens (including phenoxy) is 1. The fourth-order valence-electron chi connectivity index (χ4n) is 2.88. The molecule has 0 aliphatic heterocycles. The van der Waals surface area contributed by atoms with Gasteiger partial charge in [-0.15, -0.1) is 11.3 Å². The minimum atomic E-state index is -1.17. The average molecular weight is 398 g/mol. The van der Waals surface area contributed by atoms with Crippen molar-refractivity contribution in [3.63, 3.8) is 0 Å². The van der Waals surface area contributed by atoms with Crippen molar-refractivity contribution in [2.24, 2.45) is 0 Å². The van der Waals surface area contributed by atoms with E-state index in [1.165, 1.54) is 17.6 Å². The highest BCUT2D eigenvalue weighted by Gasteiger charge is 2.36. The molecule has 3 aromatic rings. The number of thiophene rings is 1. The summed E-state index contributed by atoms with van der Waals surface area (Å²) in [5.74, 6) is -0.306. The predicted molar refractivity (Wildman–Crippen MR) is 107 cm³/mol. The molecule has 2 heterocycles. The van der Waals surface area contributed by atoms with Gasteiger partial charge in [0.1, 0.15) is 11.8 Å². The third-order valence-electron chi connectivity index (χ3n) is 4.17. The van der Waals surface area contributed by atoms with Crippen LogP contribution >= 0.6 is 11.3 Å². The quantitative estimate of drug-likeness (QED) is 0.586. The van der Waals surface area contributed by atoms with Crippen LogP contribution in [0.3, 0.4) is 0 Å². The molecule has 0 aliphatic rings. The molecule has 3 rings (SSSR count). The van der Waals surface area contributed by atoms with E-state index in [0.717, 1.165) is 10.4 Å². The maximum absolute atomic E-state index is 12.6. The summed E-state index contributed by atoms with van der Waals surface area (Å²) in [6, 6.07) is 13.3. The van der Waals surface area contributed by atoms with Crippen LogP contribution in [0.25, 0.3) is 10.8 Å². The van der Waals surface area contributed by atoms with Gasteiger partial charge in [0, 0.05) is 6.42 Å². The fraction of sp³-hybridized carbons (Fsp3) is 0.286. The Labute approximate surface area is 167 Å². The van der Waals surface area contributed by atoms with Crippen LogP contribution in [-0.4, -0.2) is 29.0 Å². The zero-order valence-corrected chi connectivity index (χ0v) is 16.6. The zero-order chi connectivity index (χ0) is 20.0. The van der Waals surface area contributed by atoms with E-state index in [9.17, 15) is 9.59 Å². The van der Waals surface area contributed by atoms with Crippen LogP contribution in [0.5, 0.6) is 0 Å². The lowest BCUT2D eigenvalue weighted by Crippen LogP contribution is -2.55. The van der Waals surface area contributed by atoms with Gasteiger partial charge in [0.2, 0.25) is 11.8 Å². The van der Waals surface area contributed by atoms with Crippen molar-refractivity contribution >= 4 is 23.2 Å². The minimum absolute atomic E-state index is 0.0126. The van der Waals surface area contributed by atoms with Crippen LogP contribution in [0.4, 0.5) is 0 Å². The third kappa shape index (κ3) is 4.86. The Balaban J connectivity index is 1.71. The first kappa shape index (κ1) is 19.8. The van der Waals surface area contributed by atoms with Gasteiger partial charge in [0.25, 0.3) is 0 Å². The number of hydrogen-bond acceptors (Lipinski definition) is 6. The molecule has 2 aromatic heterocycles.